The lowest BCUT2D eigenvalue weighted by molar-refractivity contribution is 0.405. The van der Waals surface area contributed by atoms with Crippen molar-refractivity contribution >= 4 is 10.9 Å². The van der Waals surface area contributed by atoms with Gasteiger partial charge >= 0.3 is 0 Å². The lowest BCUT2D eigenvalue weighted by atomic mass is 10.2. The number of nitrogens with zero attached hydrogens (tertiary/aromatic N) is 1. The van der Waals surface area contributed by atoms with Crippen molar-refractivity contribution in [2.75, 3.05) is 7.11 Å². The van der Waals surface area contributed by atoms with Crippen molar-refractivity contribution in [2.45, 2.75) is 13.5 Å². The number of aromatic nitrogens is 1. The fraction of sp³-hybridized carbons (Fsp3) is 0.250. The van der Waals surface area contributed by atoms with Gasteiger partial charge < -0.3 is 9.30 Å². The van der Waals surface area contributed by atoms with E-state index in [4.69, 9.17) is 4.74 Å². The van der Waals surface area contributed by atoms with Crippen LogP contribution in [-0.2, 0) is 6.54 Å². The van der Waals surface area contributed by atoms with Gasteiger partial charge in [0.25, 0.3) is 5.56 Å². The van der Waals surface area contributed by atoms with E-state index in [-0.39, 0.29) is 5.56 Å². The zero-order chi connectivity index (χ0) is 10.8. The van der Waals surface area contributed by atoms with Crippen LogP contribution in [0.5, 0.6) is 5.75 Å². The highest BCUT2D eigenvalue weighted by Crippen LogP contribution is 2.16. The Morgan fingerprint density at radius 3 is 2.73 bits per heavy atom. The van der Waals surface area contributed by atoms with E-state index in [1.54, 1.807) is 10.6 Å². The first-order valence-corrected chi connectivity index (χ1v) is 4.94. The number of para-hydroxylation sites is 1. The summed E-state index contributed by atoms with van der Waals surface area (Å²) in [6.45, 7) is 2.60. The summed E-state index contributed by atoms with van der Waals surface area (Å²) in [5, 5.41) is 1.02. The highest BCUT2D eigenvalue weighted by molar-refractivity contribution is 5.80. The van der Waals surface area contributed by atoms with Gasteiger partial charge in [-0.15, -0.1) is 0 Å². The number of fused-ring (bicyclic) bond motifs is 1. The topological polar surface area (TPSA) is 31.2 Å². The van der Waals surface area contributed by atoms with Crippen molar-refractivity contribution < 1.29 is 4.74 Å². The predicted molar refractivity (Wildman–Crippen MR) is 60.4 cm³/mol. The quantitative estimate of drug-likeness (QED) is 0.747. The Labute approximate surface area is 87.9 Å². The highest BCUT2D eigenvalue weighted by Gasteiger charge is 2.06. The van der Waals surface area contributed by atoms with E-state index in [0.717, 1.165) is 10.9 Å². The first-order chi connectivity index (χ1) is 7.27. The van der Waals surface area contributed by atoms with Crippen molar-refractivity contribution in [3.05, 3.63) is 40.7 Å². The van der Waals surface area contributed by atoms with Gasteiger partial charge in [0.1, 0.15) is 0 Å². The lowest BCUT2D eigenvalue weighted by Gasteiger charge is -2.09. The first-order valence-electron chi connectivity index (χ1n) is 4.94. The SMILES string of the molecule is CCn1c(=O)c(OC)cc2ccccc21. The second kappa shape index (κ2) is 3.77. The third kappa shape index (κ3) is 1.50. The summed E-state index contributed by atoms with van der Waals surface area (Å²) >= 11 is 0. The Kier molecular flexibility index (Phi) is 2.46. The summed E-state index contributed by atoms with van der Waals surface area (Å²) < 4.78 is 6.78. The van der Waals surface area contributed by atoms with Crippen molar-refractivity contribution in [3.63, 3.8) is 0 Å². The molecule has 0 N–H and O–H groups in total. The molecule has 0 unspecified atom stereocenters. The van der Waals surface area contributed by atoms with Gasteiger partial charge in [0.2, 0.25) is 0 Å². The number of hydrogen-bond donors (Lipinski definition) is 0. The fourth-order valence-electron chi connectivity index (χ4n) is 1.76. The van der Waals surface area contributed by atoms with Crippen LogP contribution in [0.1, 0.15) is 6.92 Å². The maximum atomic E-state index is 11.9. The third-order valence-corrected chi connectivity index (χ3v) is 2.51. The van der Waals surface area contributed by atoms with E-state index < -0.39 is 0 Å². The average molecular weight is 203 g/mol. The van der Waals surface area contributed by atoms with Gasteiger partial charge in [0.15, 0.2) is 5.75 Å². The predicted octanol–water partition coefficient (Wildman–Crippen LogP) is 2.03. The molecule has 0 radical (unpaired) electrons. The zero-order valence-electron chi connectivity index (χ0n) is 8.86. The van der Waals surface area contributed by atoms with Crippen LogP contribution in [0.25, 0.3) is 10.9 Å². The number of aryl methyl sites for hydroxylation is 1. The summed E-state index contributed by atoms with van der Waals surface area (Å²) in [7, 11) is 1.52. The monoisotopic (exact) mass is 203 g/mol. The molecule has 0 saturated heterocycles. The van der Waals surface area contributed by atoms with Crippen molar-refractivity contribution in [1.82, 2.24) is 4.57 Å². The smallest absolute Gasteiger partial charge is 0.293 e. The number of methoxy groups -OCH3 is 1. The van der Waals surface area contributed by atoms with E-state index in [0.29, 0.717) is 12.3 Å². The van der Waals surface area contributed by atoms with Gasteiger partial charge in [-0.2, -0.15) is 0 Å². The highest BCUT2D eigenvalue weighted by atomic mass is 16.5. The molecule has 3 nitrogen and oxygen atoms in total. The molecular formula is C12H13NO2. The standard InChI is InChI=1S/C12H13NO2/c1-3-13-10-7-5-4-6-9(10)8-11(15-2)12(13)14/h4-8H,3H2,1-2H3. The van der Waals surface area contributed by atoms with Crippen LogP contribution in [-0.4, -0.2) is 11.7 Å². The van der Waals surface area contributed by atoms with Crippen LogP contribution in [0.2, 0.25) is 0 Å². The lowest BCUT2D eigenvalue weighted by Crippen LogP contribution is -2.20. The maximum Gasteiger partial charge on any atom is 0.293 e. The second-order valence-electron chi connectivity index (χ2n) is 3.32. The summed E-state index contributed by atoms with van der Waals surface area (Å²) in [4.78, 5) is 11.9. The van der Waals surface area contributed by atoms with Crippen molar-refractivity contribution in [2.24, 2.45) is 0 Å². The molecule has 0 amide bonds. The maximum absolute atomic E-state index is 11.9. The number of benzene rings is 1. The van der Waals surface area contributed by atoms with Gasteiger partial charge in [0, 0.05) is 11.9 Å². The van der Waals surface area contributed by atoms with Crippen LogP contribution in [0.3, 0.4) is 0 Å². The van der Waals surface area contributed by atoms with Crippen LogP contribution in [0, 0.1) is 0 Å². The molecular weight excluding hydrogens is 190 g/mol. The Morgan fingerprint density at radius 1 is 1.33 bits per heavy atom. The fourth-order valence-corrected chi connectivity index (χ4v) is 1.76. The molecule has 0 saturated carbocycles. The average Bonchev–Trinajstić information content (AvgIpc) is 2.28. The summed E-state index contributed by atoms with van der Waals surface area (Å²) in [6.07, 6.45) is 0. The molecule has 1 aromatic heterocycles. The van der Waals surface area contributed by atoms with Crippen molar-refractivity contribution in [1.29, 1.82) is 0 Å². The van der Waals surface area contributed by atoms with Gasteiger partial charge in [-0.3, -0.25) is 4.79 Å². The molecule has 15 heavy (non-hydrogen) atoms. The summed E-state index contributed by atoms with van der Waals surface area (Å²) in [5.41, 5.74) is 0.879. The molecule has 78 valence electrons. The minimum Gasteiger partial charge on any atom is -0.491 e. The Balaban J connectivity index is 2.90. The summed E-state index contributed by atoms with van der Waals surface area (Å²) in [6, 6.07) is 9.58. The molecule has 0 bridgehead atoms. The molecule has 0 spiro atoms. The van der Waals surface area contributed by atoms with E-state index in [2.05, 4.69) is 0 Å². The van der Waals surface area contributed by atoms with E-state index >= 15 is 0 Å². The largest absolute Gasteiger partial charge is 0.491 e. The van der Waals surface area contributed by atoms with E-state index in [1.165, 1.54) is 7.11 Å². The van der Waals surface area contributed by atoms with Crippen LogP contribution in [0.4, 0.5) is 0 Å². The Bertz CT molecular complexity index is 543. The van der Waals surface area contributed by atoms with Crippen LogP contribution < -0.4 is 10.3 Å². The number of pyridine rings is 1. The number of hydrogen-bond acceptors (Lipinski definition) is 2. The van der Waals surface area contributed by atoms with Gasteiger partial charge in [0.05, 0.1) is 12.6 Å². The molecule has 2 aromatic rings. The molecule has 0 aliphatic carbocycles. The number of ether oxygens (including phenoxy) is 1. The van der Waals surface area contributed by atoms with Crippen molar-refractivity contribution in [3.8, 4) is 5.75 Å². The molecule has 2 rings (SSSR count). The van der Waals surface area contributed by atoms with E-state index in [1.807, 2.05) is 31.2 Å². The minimum absolute atomic E-state index is 0.0706. The molecule has 3 heteroatoms. The molecule has 0 atom stereocenters. The van der Waals surface area contributed by atoms with E-state index in [9.17, 15) is 4.79 Å². The second-order valence-corrected chi connectivity index (χ2v) is 3.32. The molecule has 0 aliphatic rings. The third-order valence-electron chi connectivity index (χ3n) is 2.51. The normalized spacial score (nSPS) is 10.5. The zero-order valence-corrected chi connectivity index (χ0v) is 8.86. The molecule has 1 heterocycles. The Morgan fingerprint density at radius 2 is 2.07 bits per heavy atom. The molecule has 0 fully saturated rings. The first kappa shape index (κ1) is 9.77. The molecule has 0 aliphatic heterocycles. The van der Waals surface area contributed by atoms with Gasteiger partial charge in [-0.25, -0.2) is 0 Å². The molecule has 1 aromatic carbocycles. The van der Waals surface area contributed by atoms with Gasteiger partial charge in [-0.05, 0) is 19.1 Å². The Hall–Kier alpha value is -1.77. The number of rotatable bonds is 2. The van der Waals surface area contributed by atoms with Gasteiger partial charge in [-0.1, -0.05) is 18.2 Å². The summed E-state index contributed by atoms with van der Waals surface area (Å²) in [5.74, 6) is 0.399. The minimum atomic E-state index is -0.0706. The van der Waals surface area contributed by atoms with Crippen LogP contribution >= 0.6 is 0 Å². The van der Waals surface area contributed by atoms with Crippen LogP contribution in [0.15, 0.2) is 35.1 Å².